The molecule has 1 aliphatic carbocycles. The molecule has 0 amide bonds. The number of hydrogen-bond donors (Lipinski definition) is 4. The summed E-state index contributed by atoms with van der Waals surface area (Å²) in [6.45, 7) is 1.76. The number of benzene rings is 3. The molecule has 36 heavy (non-hydrogen) atoms. The van der Waals surface area contributed by atoms with Crippen LogP contribution in [0.5, 0.6) is 0 Å². The van der Waals surface area contributed by atoms with Gasteiger partial charge in [0, 0.05) is 52.9 Å². The molecule has 2 aromatic rings. The standard InChI is InChI=1S/C27H23NO8/c1-14(26(32)33)13-28-16-7-8-19-22(11-16)36-23-12-21(29)15(6-9-24(30)31)10-20(23)25(19)17-4-2-3-5-18(17)27(34)35/h2-5,7-8,10-12,14,28H,6,9,13H2,1H3,(H,30,31)(H,32,33)(H,34,35). The summed E-state index contributed by atoms with van der Waals surface area (Å²) in [5.74, 6) is -3.50. The van der Waals surface area contributed by atoms with Crippen molar-refractivity contribution in [2.75, 3.05) is 11.9 Å². The molecule has 1 heterocycles. The Labute approximate surface area is 205 Å². The molecule has 0 fully saturated rings. The second kappa shape index (κ2) is 9.91. The van der Waals surface area contributed by atoms with Crippen molar-refractivity contribution in [2.45, 2.75) is 19.8 Å². The fraction of sp³-hybridized carbons (Fsp3) is 0.185. The largest absolute Gasteiger partial charge is 0.481 e. The Morgan fingerprint density at radius 3 is 2.42 bits per heavy atom. The lowest BCUT2D eigenvalue weighted by atomic mass is 9.89. The molecule has 0 aromatic heterocycles. The van der Waals surface area contributed by atoms with Gasteiger partial charge >= 0.3 is 17.9 Å². The van der Waals surface area contributed by atoms with E-state index in [0.29, 0.717) is 33.3 Å². The molecule has 0 saturated heterocycles. The highest BCUT2D eigenvalue weighted by molar-refractivity contribution is 6.07. The van der Waals surface area contributed by atoms with Crippen LogP contribution in [0.4, 0.5) is 5.69 Å². The zero-order valence-electron chi connectivity index (χ0n) is 19.3. The van der Waals surface area contributed by atoms with E-state index in [2.05, 4.69) is 5.32 Å². The molecule has 9 heteroatoms. The van der Waals surface area contributed by atoms with Gasteiger partial charge < -0.3 is 25.1 Å². The van der Waals surface area contributed by atoms with Gasteiger partial charge in [0.25, 0.3) is 0 Å². The number of aryl methyl sites for hydroxylation is 1. The first-order chi connectivity index (χ1) is 17.2. The summed E-state index contributed by atoms with van der Waals surface area (Å²) in [5.41, 5.74) is 2.35. The van der Waals surface area contributed by atoms with Crippen molar-refractivity contribution >= 4 is 34.6 Å². The molecule has 4 N–H and O–H groups in total. The fourth-order valence-corrected chi connectivity index (χ4v) is 4.05. The summed E-state index contributed by atoms with van der Waals surface area (Å²) >= 11 is 0. The van der Waals surface area contributed by atoms with Crippen LogP contribution >= 0.6 is 0 Å². The predicted molar refractivity (Wildman–Crippen MR) is 133 cm³/mol. The molecular weight excluding hydrogens is 466 g/mol. The van der Waals surface area contributed by atoms with Gasteiger partial charge in [-0.25, -0.2) is 4.79 Å². The average molecular weight is 489 g/mol. The van der Waals surface area contributed by atoms with Crippen LogP contribution in [0.25, 0.3) is 33.4 Å². The minimum Gasteiger partial charge on any atom is -0.481 e. The summed E-state index contributed by atoms with van der Waals surface area (Å²) in [6.07, 6.45) is -0.205. The van der Waals surface area contributed by atoms with E-state index in [9.17, 15) is 24.3 Å². The first-order valence-electron chi connectivity index (χ1n) is 11.2. The first-order valence-corrected chi connectivity index (χ1v) is 11.2. The van der Waals surface area contributed by atoms with Gasteiger partial charge in [0.15, 0.2) is 5.43 Å². The highest BCUT2D eigenvalue weighted by atomic mass is 16.4. The number of carboxylic acid groups (broad SMARTS) is 3. The van der Waals surface area contributed by atoms with Crippen molar-refractivity contribution in [1.29, 1.82) is 0 Å². The minimum atomic E-state index is -1.12. The summed E-state index contributed by atoms with van der Waals surface area (Å²) in [5, 5.41) is 31.7. The van der Waals surface area contributed by atoms with Crippen LogP contribution in [0.3, 0.4) is 0 Å². The van der Waals surface area contributed by atoms with Crippen molar-refractivity contribution in [1.82, 2.24) is 0 Å². The zero-order chi connectivity index (χ0) is 26.0. The first kappa shape index (κ1) is 24.5. The van der Waals surface area contributed by atoms with Crippen molar-refractivity contribution in [3.63, 3.8) is 0 Å². The molecule has 9 nitrogen and oxygen atoms in total. The molecule has 0 saturated carbocycles. The second-order valence-corrected chi connectivity index (χ2v) is 8.51. The SMILES string of the molecule is CC(CNc1ccc2c(-c3ccccc3C(=O)O)c3cc(CCC(=O)O)c(=O)cc-3oc2c1)C(=O)O. The van der Waals surface area contributed by atoms with Crippen LogP contribution in [-0.2, 0) is 16.0 Å². The van der Waals surface area contributed by atoms with E-state index in [0.717, 1.165) is 0 Å². The van der Waals surface area contributed by atoms with E-state index in [1.54, 1.807) is 49.4 Å². The number of fused-ring (bicyclic) bond motifs is 2. The van der Waals surface area contributed by atoms with Crippen LogP contribution in [0.1, 0.15) is 29.3 Å². The molecule has 2 aliphatic rings. The van der Waals surface area contributed by atoms with Gasteiger partial charge in [0.2, 0.25) is 0 Å². The van der Waals surface area contributed by atoms with Gasteiger partial charge in [0.1, 0.15) is 11.3 Å². The van der Waals surface area contributed by atoms with E-state index >= 15 is 0 Å². The number of aliphatic carboxylic acids is 2. The van der Waals surface area contributed by atoms with E-state index in [1.807, 2.05) is 0 Å². The molecule has 1 atom stereocenters. The number of aromatic carboxylic acids is 1. The Balaban J connectivity index is 1.97. The molecule has 1 aliphatic heterocycles. The van der Waals surface area contributed by atoms with Gasteiger partial charge in [-0.1, -0.05) is 25.1 Å². The Kier molecular flexibility index (Phi) is 6.73. The minimum absolute atomic E-state index is 0.0206. The number of carboxylic acids is 3. The quantitative estimate of drug-likeness (QED) is 0.250. The summed E-state index contributed by atoms with van der Waals surface area (Å²) in [4.78, 5) is 46.9. The molecule has 0 bridgehead atoms. The lowest BCUT2D eigenvalue weighted by Crippen LogP contribution is -2.19. The number of nitrogens with one attached hydrogen (secondary N) is 1. The van der Waals surface area contributed by atoms with Crippen LogP contribution in [0, 0.1) is 5.92 Å². The van der Waals surface area contributed by atoms with Crippen LogP contribution in [0.2, 0.25) is 0 Å². The van der Waals surface area contributed by atoms with Gasteiger partial charge in [0.05, 0.1) is 11.5 Å². The molecule has 4 rings (SSSR count). The maximum absolute atomic E-state index is 12.7. The van der Waals surface area contributed by atoms with Crippen molar-refractivity contribution in [3.05, 3.63) is 75.9 Å². The Morgan fingerprint density at radius 1 is 0.972 bits per heavy atom. The lowest BCUT2D eigenvalue weighted by molar-refractivity contribution is -0.140. The highest BCUT2D eigenvalue weighted by Gasteiger charge is 2.23. The van der Waals surface area contributed by atoms with E-state index < -0.39 is 23.8 Å². The number of anilines is 1. The number of rotatable bonds is 9. The van der Waals surface area contributed by atoms with Gasteiger partial charge in [-0.2, -0.15) is 0 Å². The average Bonchev–Trinajstić information content (AvgIpc) is 2.84. The van der Waals surface area contributed by atoms with Crippen LogP contribution in [-0.4, -0.2) is 39.8 Å². The summed E-state index contributed by atoms with van der Waals surface area (Å²) in [6, 6.07) is 14.5. The molecule has 2 aromatic carbocycles. The Morgan fingerprint density at radius 2 is 1.72 bits per heavy atom. The second-order valence-electron chi connectivity index (χ2n) is 8.51. The third-order valence-corrected chi connectivity index (χ3v) is 5.97. The van der Waals surface area contributed by atoms with E-state index in [4.69, 9.17) is 14.6 Å². The zero-order valence-corrected chi connectivity index (χ0v) is 19.3. The molecular formula is C27H23NO8. The molecule has 0 spiro atoms. The van der Waals surface area contributed by atoms with E-state index in [-0.39, 0.29) is 41.7 Å². The molecule has 184 valence electrons. The Bertz CT molecular complexity index is 1520. The molecule has 1 unspecified atom stereocenters. The van der Waals surface area contributed by atoms with Gasteiger partial charge in [-0.05, 0) is 36.2 Å². The van der Waals surface area contributed by atoms with Crippen molar-refractivity contribution in [3.8, 4) is 22.5 Å². The fourth-order valence-electron chi connectivity index (χ4n) is 4.05. The lowest BCUT2D eigenvalue weighted by Gasteiger charge is -2.18. The topological polar surface area (TPSA) is 154 Å². The normalized spacial score (nSPS) is 11.9. The number of carbonyl (C=O) groups is 3. The van der Waals surface area contributed by atoms with E-state index in [1.165, 1.54) is 12.1 Å². The number of hydrogen-bond acceptors (Lipinski definition) is 6. The Hall–Kier alpha value is -4.66. The monoisotopic (exact) mass is 489 g/mol. The maximum atomic E-state index is 12.7. The van der Waals surface area contributed by atoms with Gasteiger partial charge in [-0.3, -0.25) is 14.4 Å². The van der Waals surface area contributed by atoms with Crippen LogP contribution in [0.15, 0.2) is 63.8 Å². The van der Waals surface area contributed by atoms with Crippen molar-refractivity contribution in [2.24, 2.45) is 5.92 Å². The molecule has 0 radical (unpaired) electrons. The maximum Gasteiger partial charge on any atom is 0.336 e. The summed E-state index contributed by atoms with van der Waals surface area (Å²) in [7, 11) is 0. The van der Waals surface area contributed by atoms with Crippen molar-refractivity contribution < 1.29 is 34.1 Å². The third-order valence-electron chi connectivity index (χ3n) is 5.97. The predicted octanol–water partition coefficient (Wildman–Crippen LogP) is 4.41. The smallest absolute Gasteiger partial charge is 0.336 e. The third kappa shape index (κ3) is 4.90. The summed E-state index contributed by atoms with van der Waals surface area (Å²) < 4.78 is 6.04. The van der Waals surface area contributed by atoms with Gasteiger partial charge in [-0.15, -0.1) is 0 Å². The van der Waals surface area contributed by atoms with Crippen LogP contribution < -0.4 is 10.7 Å². The highest BCUT2D eigenvalue weighted by Crippen LogP contribution is 2.42.